The van der Waals surface area contributed by atoms with Crippen molar-refractivity contribution in [3.63, 3.8) is 0 Å². The van der Waals surface area contributed by atoms with E-state index in [1.165, 1.54) is 19.3 Å². The minimum absolute atomic E-state index is 0.0797. The SMILES string of the molecule is CNC(Cc1ncc(C)c(OC)c1C)CC1(OC)CCC1. The van der Waals surface area contributed by atoms with Crippen LogP contribution in [0.4, 0.5) is 0 Å². The van der Waals surface area contributed by atoms with E-state index in [2.05, 4.69) is 17.2 Å². The zero-order chi connectivity index (χ0) is 15.5. The molecule has 0 radical (unpaired) electrons. The number of likely N-dealkylation sites (N-methyl/N-ethyl adjacent to an activating group) is 1. The predicted molar refractivity (Wildman–Crippen MR) is 85.0 cm³/mol. The smallest absolute Gasteiger partial charge is 0.128 e. The van der Waals surface area contributed by atoms with Crippen LogP contribution in [0.25, 0.3) is 0 Å². The van der Waals surface area contributed by atoms with Crippen molar-refractivity contribution >= 4 is 0 Å². The largest absolute Gasteiger partial charge is 0.496 e. The normalized spacial score (nSPS) is 18.1. The average molecular weight is 292 g/mol. The van der Waals surface area contributed by atoms with Crippen LogP contribution in [-0.4, -0.2) is 37.9 Å². The number of rotatable bonds is 7. The number of hydrogen-bond acceptors (Lipinski definition) is 4. The number of hydrogen-bond donors (Lipinski definition) is 1. The Morgan fingerprint density at radius 3 is 2.52 bits per heavy atom. The summed E-state index contributed by atoms with van der Waals surface area (Å²) < 4.78 is 11.3. The molecule has 1 aromatic heterocycles. The van der Waals surface area contributed by atoms with Gasteiger partial charge in [-0.2, -0.15) is 0 Å². The standard InChI is InChI=1S/C17H28N2O2/c1-12-11-19-15(13(2)16(12)20-4)9-14(18-3)10-17(21-5)7-6-8-17/h11,14,18H,6-10H2,1-5H3. The molecule has 1 N–H and O–H groups in total. The number of ether oxygens (including phenoxy) is 2. The summed E-state index contributed by atoms with van der Waals surface area (Å²) >= 11 is 0. The summed E-state index contributed by atoms with van der Waals surface area (Å²) in [6, 6.07) is 0.379. The van der Waals surface area contributed by atoms with Crippen LogP contribution in [-0.2, 0) is 11.2 Å². The van der Waals surface area contributed by atoms with E-state index in [0.717, 1.165) is 35.4 Å². The van der Waals surface area contributed by atoms with Crippen molar-refractivity contribution in [3.8, 4) is 5.75 Å². The van der Waals surface area contributed by atoms with E-state index in [4.69, 9.17) is 9.47 Å². The fraction of sp³-hybridized carbons (Fsp3) is 0.706. The van der Waals surface area contributed by atoms with Crippen LogP contribution in [0, 0.1) is 13.8 Å². The number of nitrogens with one attached hydrogen (secondary N) is 1. The molecule has 4 heteroatoms. The molecule has 0 aromatic carbocycles. The first-order valence-electron chi connectivity index (χ1n) is 7.76. The molecule has 1 aliphatic carbocycles. The highest BCUT2D eigenvalue weighted by Crippen LogP contribution is 2.39. The summed E-state index contributed by atoms with van der Waals surface area (Å²) in [6.45, 7) is 4.13. The Balaban J connectivity index is 2.11. The first kappa shape index (κ1) is 16.2. The Labute approximate surface area is 128 Å². The van der Waals surface area contributed by atoms with Gasteiger partial charge in [0.15, 0.2) is 0 Å². The summed E-state index contributed by atoms with van der Waals surface area (Å²) in [6.07, 6.45) is 7.47. The lowest BCUT2D eigenvalue weighted by Crippen LogP contribution is -2.46. The van der Waals surface area contributed by atoms with E-state index in [1.807, 2.05) is 27.3 Å². The fourth-order valence-corrected chi connectivity index (χ4v) is 3.30. The van der Waals surface area contributed by atoms with Crippen molar-refractivity contribution in [2.24, 2.45) is 0 Å². The molecule has 1 aliphatic rings. The average Bonchev–Trinajstić information content (AvgIpc) is 2.44. The first-order chi connectivity index (χ1) is 10.0. The van der Waals surface area contributed by atoms with Crippen molar-refractivity contribution < 1.29 is 9.47 Å². The van der Waals surface area contributed by atoms with Crippen LogP contribution >= 0.6 is 0 Å². The maximum atomic E-state index is 5.75. The van der Waals surface area contributed by atoms with Crippen LogP contribution < -0.4 is 10.1 Å². The highest BCUT2D eigenvalue weighted by Gasteiger charge is 2.38. The quantitative estimate of drug-likeness (QED) is 0.839. The van der Waals surface area contributed by atoms with Gasteiger partial charge in [0.05, 0.1) is 12.7 Å². The Hall–Kier alpha value is -1.13. The third-order valence-electron chi connectivity index (χ3n) is 4.91. The molecule has 1 atom stereocenters. The molecule has 0 aliphatic heterocycles. The summed E-state index contributed by atoms with van der Waals surface area (Å²) in [4.78, 5) is 4.61. The maximum absolute atomic E-state index is 5.75. The van der Waals surface area contributed by atoms with E-state index in [9.17, 15) is 0 Å². The first-order valence-corrected chi connectivity index (χ1v) is 7.76. The highest BCUT2D eigenvalue weighted by atomic mass is 16.5. The molecule has 1 unspecified atom stereocenters. The third kappa shape index (κ3) is 3.38. The second-order valence-electron chi connectivity index (χ2n) is 6.18. The van der Waals surface area contributed by atoms with Gasteiger partial charge in [-0.15, -0.1) is 0 Å². The predicted octanol–water partition coefficient (Wildman–Crippen LogP) is 2.80. The van der Waals surface area contributed by atoms with Gasteiger partial charge in [0.1, 0.15) is 5.75 Å². The van der Waals surface area contributed by atoms with E-state index in [0.29, 0.717) is 6.04 Å². The number of pyridine rings is 1. The van der Waals surface area contributed by atoms with E-state index >= 15 is 0 Å². The van der Waals surface area contributed by atoms with Crippen molar-refractivity contribution in [3.05, 3.63) is 23.0 Å². The fourth-order valence-electron chi connectivity index (χ4n) is 3.30. The van der Waals surface area contributed by atoms with Crippen molar-refractivity contribution in [2.45, 2.75) is 57.6 Å². The van der Waals surface area contributed by atoms with Crippen molar-refractivity contribution in [2.75, 3.05) is 21.3 Å². The Kier molecular flexibility index (Phi) is 5.22. The molecule has 1 fully saturated rings. The Bertz CT molecular complexity index is 478. The molecule has 0 bridgehead atoms. The second-order valence-corrected chi connectivity index (χ2v) is 6.18. The highest BCUT2D eigenvalue weighted by molar-refractivity contribution is 5.41. The van der Waals surface area contributed by atoms with Gasteiger partial charge < -0.3 is 14.8 Å². The molecule has 21 heavy (non-hydrogen) atoms. The topological polar surface area (TPSA) is 43.4 Å². The number of nitrogens with zero attached hydrogens (tertiary/aromatic N) is 1. The summed E-state index contributed by atoms with van der Waals surface area (Å²) in [5.74, 6) is 0.958. The van der Waals surface area contributed by atoms with Gasteiger partial charge in [0, 0.05) is 42.6 Å². The van der Waals surface area contributed by atoms with Crippen LogP contribution in [0.2, 0.25) is 0 Å². The van der Waals surface area contributed by atoms with Gasteiger partial charge in [0.25, 0.3) is 0 Å². The molecule has 2 rings (SSSR count). The van der Waals surface area contributed by atoms with E-state index < -0.39 is 0 Å². The molecule has 1 aromatic rings. The molecule has 0 spiro atoms. The van der Waals surface area contributed by atoms with Crippen molar-refractivity contribution in [1.82, 2.24) is 10.3 Å². The lowest BCUT2D eigenvalue weighted by atomic mass is 9.75. The molecular formula is C17H28N2O2. The van der Waals surface area contributed by atoms with Crippen molar-refractivity contribution in [1.29, 1.82) is 0 Å². The van der Waals surface area contributed by atoms with Crippen LogP contribution in [0.15, 0.2) is 6.20 Å². The monoisotopic (exact) mass is 292 g/mol. The van der Waals surface area contributed by atoms with Crippen LogP contribution in [0.1, 0.15) is 42.5 Å². The molecule has 1 heterocycles. The lowest BCUT2D eigenvalue weighted by Gasteiger charge is -2.42. The summed E-state index contributed by atoms with van der Waals surface area (Å²) in [5, 5.41) is 3.43. The van der Waals surface area contributed by atoms with E-state index in [-0.39, 0.29) is 5.60 Å². The third-order valence-corrected chi connectivity index (χ3v) is 4.91. The summed E-state index contributed by atoms with van der Waals surface area (Å²) in [7, 11) is 5.58. The molecule has 1 saturated carbocycles. The van der Waals surface area contributed by atoms with E-state index in [1.54, 1.807) is 7.11 Å². The molecule has 4 nitrogen and oxygen atoms in total. The number of aryl methyl sites for hydroxylation is 1. The Morgan fingerprint density at radius 1 is 1.33 bits per heavy atom. The van der Waals surface area contributed by atoms with Crippen LogP contribution in [0.5, 0.6) is 5.75 Å². The van der Waals surface area contributed by atoms with Crippen LogP contribution in [0.3, 0.4) is 0 Å². The number of aromatic nitrogens is 1. The summed E-state index contributed by atoms with van der Waals surface area (Å²) in [5.41, 5.74) is 3.43. The van der Waals surface area contributed by atoms with Gasteiger partial charge in [-0.05, 0) is 46.6 Å². The van der Waals surface area contributed by atoms with Gasteiger partial charge in [0.2, 0.25) is 0 Å². The Morgan fingerprint density at radius 2 is 2.05 bits per heavy atom. The minimum Gasteiger partial charge on any atom is -0.496 e. The van der Waals surface area contributed by atoms with Gasteiger partial charge in [-0.3, -0.25) is 4.98 Å². The molecule has 118 valence electrons. The number of methoxy groups -OCH3 is 2. The lowest BCUT2D eigenvalue weighted by molar-refractivity contribution is -0.0831. The molecular weight excluding hydrogens is 264 g/mol. The minimum atomic E-state index is 0.0797. The van der Waals surface area contributed by atoms with Gasteiger partial charge in [-0.25, -0.2) is 0 Å². The maximum Gasteiger partial charge on any atom is 0.128 e. The zero-order valence-corrected chi connectivity index (χ0v) is 14.0. The van der Waals surface area contributed by atoms with Gasteiger partial charge in [-0.1, -0.05) is 0 Å². The zero-order valence-electron chi connectivity index (χ0n) is 14.0. The van der Waals surface area contributed by atoms with Gasteiger partial charge >= 0.3 is 0 Å². The second kappa shape index (κ2) is 6.75. The molecule has 0 amide bonds. The molecule has 0 saturated heterocycles.